The van der Waals surface area contributed by atoms with Gasteiger partial charge in [0, 0.05) is 31.3 Å². The summed E-state index contributed by atoms with van der Waals surface area (Å²) >= 11 is 0. The summed E-state index contributed by atoms with van der Waals surface area (Å²) in [4.78, 5) is 2.63. The van der Waals surface area contributed by atoms with E-state index in [-0.39, 0.29) is 0 Å². The summed E-state index contributed by atoms with van der Waals surface area (Å²) in [5.74, 6) is 0.630. The van der Waals surface area contributed by atoms with Crippen LogP contribution in [0.4, 0.5) is 5.69 Å². The fourth-order valence-corrected chi connectivity index (χ4v) is 12.1. The topological polar surface area (TPSA) is 12.5 Å². The lowest BCUT2D eigenvalue weighted by atomic mass is 9.91. The second-order valence-corrected chi connectivity index (χ2v) is 16.6. The van der Waals surface area contributed by atoms with Crippen molar-refractivity contribution in [1.29, 1.82) is 0 Å². The summed E-state index contributed by atoms with van der Waals surface area (Å²) in [6.45, 7) is 21.9. The predicted molar refractivity (Wildman–Crippen MR) is 147 cm³/mol. The number of nitrogens with zero attached hydrogens (tertiary/aromatic N) is 1. The molecule has 1 aliphatic heterocycles. The maximum Gasteiger partial charge on any atom is 0.200 e. The zero-order chi connectivity index (χ0) is 24.2. The maximum atomic E-state index is 6.82. The van der Waals surface area contributed by atoms with Crippen molar-refractivity contribution in [2.45, 2.75) is 104 Å². The zero-order valence-electron chi connectivity index (χ0n) is 22.4. The van der Waals surface area contributed by atoms with Crippen LogP contribution >= 0.6 is 0 Å². The Morgan fingerprint density at radius 2 is 1.45 bits per heavy atom. The molecule has 1 aliphatic rings. The molecule has 1 heterocycles. The molecule has 3 rings (SSSR count). The van der Waals surface area contributed by atoms with E-state index in [1.54, 1.807) is 5.56 Å². The highest BCUT2D eigenvalue weighted by molar-refractivity contribution is 6.77. The van der Waals surface area contributed by atoms with Crippen LogP contribution in [0.1, 0.15) is 89.0 Å². The molecule has 0 saturated heterocycles. The summed E-state index contributed by atoms with van der Waals surface area (Å²) in [6.07, 6.45) is 3.68. The molecule has 0 aliphatic carbocycles. The lowest BCUT2D eigenvalue weighted by Crippen LogP contribution is -2.47. The minimum atomic E-state index is -1.75. The van der Waals surface area contributed by atoms with Crippen molar-refractivity contribution < 1.29 is 4.43 Å². The second kappa shape index (κ2) is 11.2. The summed E-state index contributed by atoms with van der Waals surface area (Å²) in [7, 11) is -1.75. The summed E-state index contributed by atoms with van der Waals surface area (Å²) in [5.41, 5.74) is 9.35. The van der Waals surface area contributed by atoms with E-state index in [1.165, 1.54) is 41.6 Å². The van der Waals surface area contributed by atoms with Crippen molar-refractivity contribution in [2.75, 3.05) is 18.1 Å². The minimum absolute atomic E-state index is 0.630. The van der Waals surface area contributed by atoms with Crippen LogP contribution in [-0.2, 0) is 11.0 Å². The Labute approximate surface area is 204 Å². The van der Waals surface area contributed by atoms with Crippen LogP contribution in [0.15, 0.2) is 42.5 Å². The van der Waals surface area contributed by atoms with Crippen molar-refractivity contribution in [3.63, 3.8) is 0 Å². The number of rotatable bonds is 11. The monoisotopic (exact) mass is 465 g/mol. The smallest absolute Gasteiger partial charge is 0.200 e. The van der Waals surface area contributed by atoms with E-state index in [0.717, 1.165) is 19.7 Å². The van der Waals surface area contributed by atoms with Gasteiger partial charge in [-0.05, 0) is 65.6 Å². The van der Waals surface area contributed by atoms with E-state index in [4.69, 9.17) is 4.43 Å². The molecule has 182 valence electrons. The standard InChI is InChI=1S/C30H47NOSi/c1-22(2)33(23(3)4,24(5)6)32-19-13-12-16-28-21-31(20-27-14-10-9-11-15-27)30-26(8)18-17-25(7)29(28)30/h9-11,14-15,17-18,22-24,28H,12-13,16,19-21H2,1-8H3. The van der Waals surface area contributed by atoms with Crippen LogP contribution in [0.2, 0.25) is 16.6 Å². The molecule has 33 heavy (non-hydrogen) atoms. The van der Waals surface area contributed by atoms with Crippen LogP contribution in [0, 0.1) is 13.8 Å². The number of hydrogen-bond donors (Lipinski definition) is 0. The first-order chi connectivity index (χ1) is 15.7. The molecule has 2 aromatic carbocycles. The van der Waals surface area contributed by atoms with E-state index < -0.39 is 8.32 Å². The highest BCUT2D eigenvalue weighted by Crippen LogP contribution is 2.44. The molecule has 1 unspecified atom stereocenters. The van der Waals surface area contributed by atoms with Gasteiger partial charge in [0.05, 0.1) is 0 Å². The molecule has 0 aromatic heterocycles. The van der Waals surface area contributed by atoms with Crippen LogP contribution in [0.3, 0.4) is 0 Å². The summed E-state index contributed by atoms with van der Waals surface area (Å²) in [5, 5.41) is 0. The summed E-state index contributed by atoms with van der Waals surface area (Å²) in [6, 6.07) is 15.6. The van der Waals surface area contributed by atoms with Gasteiger partial charge in [-0.2, -0.15) is 0 Å². The molecule has 0 bridgehead atoms. The largest absolute Gasteiger partial charge is 0.416 e. The van der Waals surface area contributed by atoms with E-state index in [2.05, 4.69) is 103 Å². The van der Waals surface area contributed by atoms with Crippen molar-refractivity contribution in [2.24, 2.45) is 0 Å². The number of anilines is 1. The maximum absolute atomic E-state index is 6.82. The molecule has 0 amide bonds. The average molecular weight is 466 g/mol. The number of benzene rings is 2. The van der Waals surface area contributed by atoms with Gasteiger partial charge in [-0.1, -0.05) is 90.4 Å². The Balaban J connectivity index is 1.64. The third kappa shape index (κ3) is 5.57. The third-order valence-electron chi connectivity index (χ3n) is 8.02. The lowest BCUT2D eigenvalue weighted by Gasteiger charge is -2.42. The van der Waals surface area contributed by atoms with Crippen molar-refractivity contribution in [1.82, 2.24) is 0 Å². The van der Waals surface area contributed by atoms with E-state index in [1.807, 2.05) is 0 Å². The van der Waals surface area contributed by atoms with Crippen LogP contribution in [0.5, 0.6) is 0 Å². The second-order valence-electron chi connectivity index (χ2n) is 11.2. The SMILES string of the molecule is Cc1ccc(C)c2c1C(CCCCO[Si](C(C)C)(C(C)C)C(C)C)CN2Cc1ccccc1. The molecule has 2 nitrogen and oxygen atoms in total. The molecule has 0 spiro atoms. The summed E-state index contributed by atoms with van der Waals surface area (Å²) < 4.78 is 6.82. The molecule has 0 radical (unpaired) electrons. The molecule has 3 heteroatoms. The Bertz CT molecular complexity index is 868. The van der Waals surface area contributed by atoms with Gasteiger partial charge < -0.3 is 9.33 Å². The van der Waals surface area contributed by atoms with Gasteiger partial charge in [-0.25, -0.2) is 0 Å². The van der Waals surface area contributed by atoms with Crippen LogP contribution in [0.25, 0.3) is 0 Å². The number of unbranched alkanes of at least 4 members (excludes halogenated alkanes) is 1. The van der Waals surface area contributed by atoms with Crippen molar-refractivity contribution in [3.8, 4) is 0 Å². The Morgan fingerprint density at radius 3 is 2.06 bits per heavy atom. The third-order valence-corrected chi connectivity index (χ3v) is 14.1. The molecule has 2 aromatic rings. The van der Waals surface area contributed by atoms with E-state index in [0.29, 0.717) is 22.5 Å². The van der Waals surface area contributed by atoms with Gasteiger partial charge >= 0.3 is 0 Å². The Morgan fingerprint density at radius 1 is 0.848 bits per heavy atom. The minimum Gasteiger partial charge on any atom is -0.416 e. The molecular weight excluding hydrogens is 418 g/mol. The fourth-order valence-electron chi connectivity index (χ4n) is 6.63. The molecule has 0 N–H and O–H groups in total. The first-order valence-corrected chi connectivity index (χ1v) is 15.3. The fraction of sp³-hybridized carbons (Fsp3) is 0.600. The van der Waals surface area contributed by atoms with Gasteiger partial charge in [-0.3, -0.25) is 0 Å². The number of fused-ring (bicyclic) bond motifs is 1. The molecule has 1 atom stereocenters. The predicted octanol–water partition coefficient (Wildman–Crippen LogP) is 8.77. The first-order valence-electron chi connectivity index (χ1n) is 13.2. The highest BCUT2D eigenvalue weighted by atomic mass is 28.4. The van der Waals surface area contributed by atoms with Crippen molar-refractivity contribution >= 4 is 14.0 Å². The lowest BCUT2D eigenvalue weighted by molar-refractivity contribution is 0.267. The normalized spacial score (nSPS) is 16.3. The van der Waals surface area contributed by atoms with Gasteiger partial charge in [0.2, 0.25) is 0 Å². The molecule has 0 fully saturated rings. The molecular formula is C30H47NOSi. The zero-order valence-corrected chi connectivity index (χ0v) is 23.4. The number of hydrogen-bond acceptors (Lipinski definition) is 2. The Kier molecular flexibility index (Phi) is 8.86. The van der Waals surface area contributed by atoms with Crippen LogP contribution < -0.4 is 4.90 Å². The highest BCUT2D eigenvalue weighted by Gasteiger charge is 2.44. The quantitative estimate of drug-likeness (QED) is 0.243. The van der Waals surface area contributed by atoms with E-state index >= 15 is 0 Å². The van der Waals surface area contributed by atoms with Gasteiger partial charge in [-0.15, -0.1) is 0 Å². The number of aryl methyl sites for hydroxylation is 2. The van der Waals surface area contributed by atoms with Crippen LogP contribution in [-0.4, -0.2) is 21.5 Å². The van der Waals surface area contributed by atoms with E-state index in [9.17, 15) is 0 Å². The van der Waals surface area contributed by atoms with Crippen molar-refractivity contribution in [3.05, 3.63) is 64.7 Å². The van der Waals surface area contributed by atoms with Gasteiger partial charge in [0.25, 0.3) is 0 Å². The van der Waals surface area contributed by atoms with Gasteiger partial charge in [0.15, 0.2) is 8.32 Å². The first kappa shape index (κ1) is 26.0. The average Bonchev–Trinajstić information content (AvgIpc) is 3.12. The van der Waals surface area contributed by atoms with Gasteiger partial charge in [0.1, 0.15) is 0 Å². The molecule has 0 saturated carbocycles. The Hall–Kier alpha value is -1.58.